The Bertz CT molecular complexity index is 893. The van der Waals surface area contributed by atoms with Gasteiger partial charge in [0, 0.05) is 12.6 Å². The molecule has 7 heteroatoms. The largest absolute Gasteiger partial charge is 0.390 e. The van der Waals surface area contributed by atoms with Crippen molar-refractivity contribution in [3.05, 3.63) is 72.2 Å². The van der Waals surface area contributed by atoms with Crippen LogP contribution in [-0.4, -0.2) is 32.0 Å². The maximum Gasteiger partial charge on any atom is 0.319 e. The van der Waals surface area contributed by atoms with Crippen LogP contribution < -0.4 is 10.6 Å². The first kappa shape index (κ1) is 15.3. The lowest BCUT2D eigenvalue weighted by Gasteiger charge is -2.18. The third-order valence-corrected chi connectivity index (χ3v) is 4.22. The summed E-state index contributed by atoms with van der Waals surface area (Å²) < 4.78 is 1.58. The van der Waals surface area contributed by atoms with E-state index in [9.17, 15) is 9.90 Å². The Morgan fingerprint density at radius 2 is 2.04 bits per heavy atom. The molecular formula is C18H17N5O2. The summed E-state index contributed by atoms with van der Waals surface area (Å²) in [5.41, 5.74) is 2.56. The van der Waals surface area contributed by atoms with Crippen molar-refractivity contribution < 1.29 is 9.90 Å². The summed E-state index contributed by atoms with van der Waals surface area (Å²) in [6.07, 6.45) is 4.82. The number of rotatable bonds is 3. The van der Waals surface area contributed by atoms with E-state index in [1.54, 1.807) is 23.3 Å². The van der Waals surface area contributed by atoms with Gasteiger partial charge >= 0.3 is 6.03 Å². The quantitative estimate of drug-likeness (QED) is 0.683. The Balaban J connectivity index is 1.44. The number of fused-ring (bicyclic) bond motifs is 1. The van der Waals surface area contributed by atoms with E-state index < -0.39 is 12.1 Å². The van der Waals surface area contributed by atoms with Gasteiger partial charge in [0.05, 0.1) is 30.2 Å². The summed E-state index contributed by atoms with van der Waals surface area (Å²) >= 11 is 0. The Kier molecular flexibility index (Phi) is 3.91. The average molecular weight is 335 g/mol. The maximum absolute atomic E-state index is 12.3. The molecule has 2 heterocycles. The predicted molar refractivity (Wildman–Crippen MR) is 92.4 cm³/mol. The lowest BCUT2D eigenvalue weighted by molar-refractivity contribution is 0.144. The van der Waals surface area contributed by atoms with Gasteiger partial charge in [-0.15, -0.1) is 0 Å². The molecule has 3 N–H and O–H groups in total. The fraction of sp³-hybridized carbons (Fsp3) is 0.167. The summed E-state index contributed by atoms with van der Waals surface area (Å²) in [4.78, 5) is 16.5. The molecule has 1 aliphatic carbocycles. The van der Waals surface area contributed by atoms with Gasteiger partial charge in [-0.3, -0.25) is 0 Å². The topological polar surface area (TPSA) is 92.1 Å². The molecule has 0 unspecified atom stereocenters. The number of hydrogen-bond acceptors (Lipinski definition) is 4. The lowest BCUT2D eigenvalue weighted by Crippen LogP contribution is -2.36. The summed E-state index contributed by atoms with van der Waals surface area (Å²) in [6, 6.07) is 12.4. The van der Waals surface area contributed by atoms with Gasteiger partial charge in [0.15, 0.2) is 5.82 Å². The molecule has 1 aliphatic rings. The Labute approximate surface area is 144 Å². The molecule has 1 aromatic carbocycles. The number of hydrogen-bond donors (Lipinski definition) is 3. The van der Waals surface area contributed by atoms with E-state index in [1.807, 2.05) is 42.5 Å². The molecule has 0 radical (unpaired) electrons. The van der Waals surface area contributed by atoms with Gasteiger partial charge in [-0.1, -0.05) is 30.3 Å². The number of benzene rings is 1. The molecule has 0 bridgehead atoms. The maximum atomic E-state index is 12.3. The third-order valence-electron chi connectivity index (χ3n) is 4.22. The van der Waals surface area contributed by atoms with Gasteiger partial charge in [0.2, 0.25) is 0 Å². The van der Waals surface area contributed by atoms with E-state index in [1.165, 1.54) is 0 Å². The Hall–Kier alpha value is -3.19. The van der Waals surface area contributed by atoms with Crippen LogP contribution in [0.3, 0.4) is 0 Å². The molecule has 3 aromatic rings. The zero-order chi connectivity index (χ0) is 17.2. The molecule has 126 valence electrons. The molecule has 2 amide bonds. The normalized spacial score (nSPS) is 18.6. The molecule has 0 fully saturated rings. The van der Waals surface area contributed by atoms with Crippen LogP contribution in [0.5, 0.6) is 0 Å². The molecule has 0 spiro atoms. The first-order valence-electron chi connectivity index (χ1n) is 8.00. The average Bonchev–Trinajstić information content (AvgIpc) is 3.21. The van der Waals surface area contributed by atoms with Gasteiger partial charge < -0.3 is 15.7 Å². The van der Waals surface area contributed by atoms with E-state index in [4.69, 9.17) is 0 Å². The van der Waals surface area contributed by atoms with Crippen molar-refractivity contribution >= 4 is 11.7 Å². The summed E-state index contributed by atoms with van der Waals surface area (Å²) in [5, 5.41) is 20.0. The van der Waals surface area contributed by atoms with Crippen LogP contribution >= 0.6 is 0 Å². The highest BCUT2D eigenvalue weighted by Gasteiger charge is 2.31. The van der Waals surface area contributed by atoms with Crippen LogP contribution in [0.25, 0.3) is 5.82 Å². The lowest BCUT2D eigenvalue weighted by atomic mass is 10.1. The smallest absolute Gasteiger partial charge is 0.319 e. The van der Waals surface area contributed by atoms with Crippen LogP contribution in [0, 0.1) is 0 Å². The fourth-order valence-corrected chi connectivity index (χ4v) is 3.06. The summed E-state index contributed by atoms with van der Waals surface area (Å²) in [5.74, 6) is 0.663. The molecule has 0 saturated carbocycles. The minimum absolute atomic E-state index is 0.388. The van der Waals surface area contributed by atoms with E-state index in [2.05, 4.69) is 20.7 Å². The second-order valence-electron chi connectivity index (χ2n) is 5.91. The van der Waals surface area contributed by atoms with E-state index in [-0.39, 0.29) is 6.03 Å². The predicted octanol–water partition coefficient (Wildman–Crippen LogP) is 2.05. The second kappa shape index (κ2) is 6.37. The number of pyridine rings is 1. The summed E-state index contributed by atoms with van der Waals surface area (Å²) in [6.45, 7) is 0. The van der Waals surface area contributed by atoms with Gasteiger partial charge in [-0.25, -0.2) is 14.5 Å². The van der Waals surface area contributed by atoms with Crippen molar-refractivity contribution in [3.63, 3.8) is 0 Å². The highest BCUT2D eigenvalue weighted by Crippen LogP contribution is 2.31. The number of carbonyl (C=O) groups is 1. The number of aliphatic hydroxyl groups excluding tert-OH is 1. The number of aromatic nitrogens is 3. The first-order chi connectivity index (χ1) is 12.2. The van der Waals surface area contributed by atoms with Crippen molar-refractivity contribution in [1.29, 1.82) is 0 Å². The molecule has 25 heavy (non-hydrogen) atoms. The SMILES string of the molecule is O=C(Nc1cnn(-c2ccccn2)c1)N[C@H]1c2ccccc2C[C@@H]1O. The molecule has 2 atom stereocenters. The standard InChI is InChI=1S/C18H17N5O2/c24-15-9-12-5-1-2-6-14(12)17(15)22-18(25)21-13-10-20-23(11-13)16-7-3-4-8-19-16/h1-8,10-11,15,17,24H,9H2,(H2,21,22,25)/t15-,17-/m0/s1. The van der Waals surface area contributed by atoms with Gasteiger partial charge in [-0.05, 0) is 23.3 Å². The fourth-order valence-electron chi connectivity index (χ4n) is 3.06. The van der Waals surface area contributed by atoms with Crippen LogP contribution in [0.1, 0.15) is 17.2 Å². The van der Waals surface area contributed by atoms with Gasteiger partial charge in [0.25, 0.3) is 0 Å². The molecular weight excluding hydrogens is 318 g/mol. The first-order valence-corrected chi connectivity index (χ1v) is 8.00. The number of aliphatic hydroxyl groups is 1. The number of nitrogens with zero attached hydrogens (tertiary/aromatic N) is 3. The highest BCUT2D eigenvalue weighted by molar-refractivity contribution is 5.89. The third kappa shape index (κ3) is 3.09. The zero-order valence-electron chi connectivity index (χ0n) is 13.3. The molecule has 0 aliphatic heterocycles. The van der Waals surface area contributed by atoms with Crippen LogP contribution in [-0.2, 0) is 6.42 Å². The van der Waals surface area contributed by atoms with Gasteiger partial charge in [-0.2, -0.15) is 5.10 Å². The summed E-state index contributed by atoms with van der Waals surface area (Å²) in [7, 11) is 0. The van der Waals surface area contributed by atoms with Crippen LogP contribution in [0.4, 0.5) is 10.5 Å². The minimum Gasteiger partial charge on any atom is -0.390 e. The zero-order valence-corrected chi connectivity index (χ0v) is 13.3. The molecule has 2 aromatic heterocycles. The number of nitrogens with one attached hydrogen (secondary N) is 2. The number of carbonyl (C=O) groups excluding carboxylic acids is 1. The molecule has 4 rings (SSSR count). The van der Waals surface area contributed by atoms with Crippen molar-refractivity contribution in [2.45, 2.75) is 18.6 Å². The minimum atomic E-state index is -0.626. The van der Waals surface area contributed by atoms with Crippen LogP contribution in [0.15, 0.2) is 61.1 Å². The molecule has 0 saturated heterocycles. The Morgan fingerprint density at radius 1 is 1.20 bits per heavy atom. The number of anilines is 1. The Morgan fingerprint density at radius 3 is 2.88 bits per heavy atom. The monoisotopic (exact) mass is 335 g/mol. The molecule has 7 nitrogen and oxygen atoms in total. The van der Waals surface area contributed by atoms with E-state index >= 15 is 0 Å². The van der Waals surface area contributed by atoms with Crippen molar-refractivity contribution in [2.24, 2.45) is 0 Å². The van der Waals surface area contributed by atoms with Crippen molar-refractivity contribution in [1.82, 2.24) is 20.1 Å². The highest BCUT2D eigenvalue weighted by atomic mass is 16.3. The van der Waals surface area contributed by atoms with Crippen molar-refractivity contribution in [3.8, 4) is 5.82 Å². The van der Waals surface area contributed by atoms with Crippen LogP contribution in [0.2, 0.25) is 0 Å². The van der Waals surface area contributed by atoms with Gasteiger partial charge in [0.1, 0.15) is 0 Å². The number of urea groups is 1. The van der Waals surface area contributed by atoms with E-state index in [0.29, 0.717) is 17.9 Å². The second-order valence-corrected chi connectivity index (χ2v) is 5.91. The van der Waals surface area contributed by atoms with E-state index in [0.717, 1.165) is 11.1 Å². The van der Waals surface area contributed by atoms with Crippen molar-refractivity contribution in [2.75, 3.05) is 5.32 Å². The number of amides is 2.